The highest BCUT2D eigenvalue weighted by molar-refractivity contribution is 5.85. The Labute approximate surface area is 88.9 Å². The first-order chi connectivity index (χ1) is 7.13. The number of aryl methyl sites for hydroxylation is 1. The van der Waals surface area contributed by atoms with E-state index in [1.54, 1.807) is 14.0 Å². The van der Waals surface area contributed by atoms with Gasteiger partial charge in [0.15, 0.2) is 0 Å². The van der Waals surface area contributed by atoms with E-state index in [4.69, 9.17) is 4.74 Å². The number of ether oxygens (including phenoxy) is 1. The van der Waals surface area contributed by atoms with Gasteiger partial charge in [0.25, 0.3) is 0 Å². The highest BCUT2D eigenvalue weighted by Crippen LogP contribution is 2.28. The van der Waals surface area contributed by atoms with Crippen molar-refractivity contribution in [2.24, 2.45) is 7.05 Å². The van der Waals surface area contributed by atoms with E-state index in [0.29, 0.717) is 0 Å². The van der Waals surface area contributed by atoms with E-state index in [2.05, 4.69) is 0 Å². The molecular weight excluding hydrogens is 190 g/mol. The average Bonchev–Trinajstić information content (AvgIpc) is 2.56. The summed E-state index contributed by atoms with van der Waals surface area (Å²) in [6, 6.07) is 5.87. The Morgan fingerprint density at radius 1 is 1.40 bits per heavy atom. The number of aliphatic hydroxyl groups is 1. The van der Waals surface area contributed by atoms with Crippen molar-refractivity contribution < 1.29 is 9.84 Å². The van der Waals surface area contributed by atoms with Crippen LogP contribution in [-0.2, 0) is 7.05 Å². The van der Waals surface area contributed by atoms with Crippen LogP contribution in [0.3, 0.4) is 0 Å². The molecule has 15 heavy (non-hydrogen) atoms. The first kappa shape index (κ1) is 10.1. The molecule has 0 amide bonds. The molecule has 0 fully saturated rings. The predicted octanol–water partition coefficient (Wildman–Crippen LogP) is 2.24. The van der Waals surface area contributed by atoms with Crippen LogP contribution in [0.15, 0.2) is 24.4 Å². The Morgan fingerprint density at radius 2 is 2.13 bits per heavy atom. The molecule has 3 nitrogen and oxygen atoms in total. The number of hydrogen-bond donors (Lipinski definition) is 1. The molecule has 1 aromatic heterocycles. The number of aliphatic hydroxyl groups excluding tert-OH is 1. The van der Waals surface area contributed by atoms with Crippen molar-refractivity contribution in [3.05, 3.63) is 30.0 Å². The Kier molecular flexibility index (Phi) is 2.40. The van der Waals surface area contributed by atoms with Crippen LogP contribution < -0.4 is 4.74 Å². The molecule has 0 radical (unpaired) electrons. The maximum absolute atomic E-state index is 9.62. The average molecular weight is 205 g/mol. The van der Waals surface area contributed by atoms with Crippen LogP contribution in [0.25, 0.3) is 10.9 Å². The maximum atomic E-state index is 9.62. The summed E-state index contributed by atoms with van der Waals surface area (Å²) >= 11 is 0. The van der Waals surface area contributed by atoms with Gasteiger partial charge >= 0.3 is 0 Å². The van der Waals surface area contributed by atoms with Gasteiger partial charge in [-0.05, 0) is 19.1 Å². The first-order valence-corrected chi connectivity index (χ1v) is 4.94. The SMILES string of the molecule is COc1ccc2c(C(C)O)cn(C)c2c1. The summed E-state index contributed by atoms with van der Waals surface area (Å²) in [6.45, 7) is 1.78. The largest absolute Gasteiger partial charge is 0.497 e. The van der Waals surface area contributed by atoms with Crippen molar-refractivity contribution >= 4 is 10.9 Å². The number of methoxy groups -OCH3 is 1. The molecule has 0 aliphatic heterocycles. The third-order valence-corrected chi connectivity index (χ3v) is 2.68. The lowest BCUT2D eigenvalue weighted by atomic mass is 10.1. The number of nitrogens with zero attached hydrogens (tertiary/aromatic N) is 1. The Balaban J connectivity index is 2.69. The van der Waals surface area contributed by atoms with Gasteiger partial charge in [-0.1, -0.05) is 0 Å². The van der Waals surface area contributed by atoms with Crippen molar-refractivity contribution in [2.75, 3.05) is 7.11 Å². The van der Waals surface area contributed by atoms with Gasteiger partial charge in [-0.25, -0.2) is 0 Å². The van der Waals surface area contributed by atoms with E-state index in [9.17, 15) is 5.11 Å². The van der Waals surface area contributed by atoms with E-state index in [1.165, 1.54) is 0 Å². The lowest BCUT2D eigenvalue weighted by molar-refractivity contribution is 0.200. The molecule has 2 rings (SSSR count). The molecule has 0 spiro atoms. The molecule has 0 saturated carbocycles. The maximum Gasteiger partial charge on any atom is 0.120 e. The zero-order chi connectivity index (χ0) is 11.0. The quantitative estimate of drug-likeness (QED) is 0.815. The molecule has 1 unspecified atom stereocenters. The number of rotatable bonds is 2. The van der Waals surface area contributed by atoms with Crippen molar-refractivity contribution in [1.29, 1.82) is 0 Å². The standard InChI is InChI=1S/C12H15NO2/c1-8(14)11-7-13(2)12-6-9(15-3)4-5-10(11)12/h4-8,14H,1-3H3. The predicted molar refractivity (Wildman–Crippen MR) is 60.1 cm³/mol. The molecule has 3 heteroatoms. The molecule has 0 aliphatic rings. The third kappa shape index (κ3) is 1.59. The van der Waals surface area contributed by atoms with Gasteiger partial charge in [-0.15, -0.1) is 0 Å². The summed E-state index contributed by atoms with van der Waals surface area (Å²) in [5.74, 6) is 0.834. The van der Waals surface area contributed by atoms with Gasteiger partial charge in [-0.3, -0.25) is 0 Å². The van der Waals surface area contributed by atoms with E-state index < -0.39 is 6.10 Å². The molecule has 0 bridgehead atoms. The molecular formula is C12H15NO2. The number of aromatic nitrogens is 1. The van der Waals surface area contributed by atoms with Gasteiger partial charge in [-0.2, -0.15) is 0 Å². The second kappa shape index (κ2) is 3.59. The normalized spacial score (nSPS) is 13.1. The summed E-state index contributed by atoms with van der Waals surface area (Å²) in [6.07, 6.45) is 1.51. The van der Waals surface area contributed by atoms with Gasteiger partial charge in [0.05, 0.1) is 18.7 Å². The molecule has 1 N–H and O–H groups in total. The molecule has 1 heterocycles. The first-order valence-electron chi connectivity index (χ1n) is 4.94. The summed E-state index contributed by atoms with van der Waals surface area (Å²) in [7, 11) is 3.62. The third-order valence-electron chi connectivity index (χ3n) is 2.68. The minimum atomic E-state index is -0.443. The van der Waals surface area contributed by atoms with E-state index in [1.807, 2.05) is 36.0 Å². The summed E-state index contributed by atoms with van der Waals surface area (Å²) in [5.41, 5.74) is 2.03. The van der Waals surface area contributed by atoms with E-state index in [-0.39, 0.29) is 0 Å². The molecule has 0 aliphatic carbocycles. The number of benzene rings is 1. The van der Waals surface area contributed by atoms with Crippen LogP contribution in [0.1, 0.15) is 18.6 Å². The van der Waals surface area contributed by atoms with Gasteiger partial charge in [0, 0.05) is 30.3 Å². The fourth-order valence-electron chi connectivity index (χ4n) is 1.85. The minimum absolute atomic E-state index is 0.443. The lowest BCUT2D eigenvalue weighted by Crippen LogP contribution is -1.88. The second-order valence-corrected chi connectivity index (χ2v) is 3.75. The molecule has 1 atom stereocenters. The zero-order valence-electron chi connectivity index (χ0n) is 9.19. The van der Waals surface area contributed by atoms with Crippen LogP contribution in [0.2, 0.25) is 0 Å². The highest BCUT2D eigenvalue weighted by atomic mass is 16.5. The molecule has 0 saturated heterocycles. The molecule has 2 aromatic rings. The zero-order valence-corrected chi connectivity index (χ0v) is 9.19. The fraction of sp³-hybridized carbons (Fsp3) is 0.333. The number of fused-ring (bicyclic) bond motifs is 1. The number of hydrogen-bond acceptors (Lipinski definition) is 2. The van der Waals surface area contributed by atoms with Crippen LogP contribution in [-0.4, -0.2) is 16.8 Å². The van der Waals surface area contributed by atoms with Crippen molar-refractivity contribution in [3.8, 4) is 5.75 Å². The summed E-state index contributed by atoms with van der Waals surface area (Å²) in [4.78, 5) is 0. The van der Waals surface area contributed by atoms with E-state index in [0.717, 1.165) is 22.2 Å². The van der Waals surface area contributed by atoms with Gasteiger partial charge in [0.2, 0.25) is 0 Å². The van der Waals surface area contributed by atoms with Crippen LogP contribution >= 0.6 is 0 Å². The van der Waals surface area contributed by atoms with Crippen molar-refractivity contribution in [3.63, 3.8) is 0 Å². The summed E-state index contributed by atoms with van der Waals surface area (Å²) < 4.78 is 7.17. The second-order valence-electron chi connectivity index (χ2n) is 3.75. The summed E-state index contributed by atoms with van der Waals surface area (Å²) in [5, 5.41) is 10.7. The van der Waals surface area contributed by atoms with Crippen LogP contribution in [0, 0.1) is 0 Å². The lowest BCUT2D eigenvalue weighted by Gasteiger charge is -2.03. The smallest absolute Gasteiger partial charge is 0.120 e. The Bertz CT molecular complexity index is 486. The molecule has 1 aromatic carbocycles. The van der Waals surface area contributed by atoms with Crippen LogP contribution in [0.5, 0.6) is 5.75 Å². The van der Waals surface area contributed by atoms with Crippen LogP contribution in [0.4, 0.5) is 0 Å². The topological polar surface area (TPSA) is 34.4 Å². The highest BCUT2D eigenvalue weighted by Gasteiger charge is 2.10. The monoisotopic (exact) mass is 205 g/mol. The molecule has 80 valence electrons. The Hall–Kier alpha value is -1.48. The van der Waals surface area contributed by atoms with Gasteiger partial charge in [0.1, 0.15) is 5.75 Å². The van der Waals surface area contributed by atoms with E-state index >= 15 is 0 Å². The van der Waals surface area contributed by atoms with Crippen molar-refractivity contribution in [1.82, 2.24) is 4.57 Å². The van der Waals surface area contributed by atoms with Gasteiger partial charge < -0.3 is 14.4 Å². The minimum Gasteiger partial charge on any atom is -0.497 e. The fourth-order valence-corrected chi connectivity index (χ4v) is 1.85. The Morgan fingerprint density at radius 3 is 2.73 bits per heavy atom. The van der Waals surface area contributed by atoms with Crippen molar-refractivity contribution in [2.45, 2.75) is 13.0 Å².